The van der Waals surface area contributed by atoms with E-state index in [-0.39, 0.29) is 12.3 Å². The van der Waals surface area contributed by atoms with E-state index in [0.29, 0.717) is 24.2 Å². The maximum atomic E-state index is 12.9. The van der Waals surface area contributed by atoms with Crippen molar-refractivity contribution in [3.05, 3.63) is 87.9 Å². The van der Waals surface area contributed by atoms with E-state index >= 15 is 0 Å². The van der Waals surface area contributed by atoms with E-state index < -0.39 is 12.0 Å². The van der Waals surface area contributed by atoms with Crippen molar-refractivity contribution >= 4 is 28.8 Å². The monoisotopic (exact) mass is 462 g/mol. The van der Waals surface area contributed by atoms with Gasteiger partial charge in [-0.25, -0.2) is 9.79 Å². The molecule has 0 saturated carbocycles. The third kappa shape index (κ3) is 4.85. The van der Waals surface area contributed by atoms with Crippen LogP contribution < -0.4 is 5.32 Å². The van der Waals surface area contributed by atoms with Crippen LogP contribution in [0.1, 0.15) is 42.6 Å². The van der Waals surface area contributed by atoms with Crippen LogP contribution >= 0.6 is 11.8 Å². The Bertz CT molecular complexity index is 1140. The predicted molar refractivity (Wildman–Crippen MR) is 129 cm³/mol. The number of allylic oxidation sites excluding steroid dienone is 1. The second kappa shape index (κ2) is 10.0. The van der Waals surface area contributed by atoms with Crippen molar-refractivity contribution in [2.75, 3.05) is 7.11 Å². The molecule has 1 unspecified atom stereocenters. The molecule has 2 aliphatic heterocycles. The summed E-state index contributed by atoms with van der Waals surface area (Å²) in [5.74, 6) is -0.530. The molecule has 1 N–H and O–H groups in total. The van der Waals surface area contributed by atoms with Gasteiger partial charge in [0.1, 0.15) is 0 Å². The van der Waals surface area contributed by atoms with Crippen molar-refractivity contribution in [1.82, 2.24) is 15.2 Å². The van der Waals surface area contributed by atoms with E-state index in [4.69, 9.17) is 9.73 Å². The molecule has 1 aromatic carbocycles. The van der Waals surface area contributed by atoms with Crippen molar-refractivity contribution < 1.29 is 14.3 Å². The SMILES string of the molecule is CCC1=C(C(=O)OC)C(c2ccc(C)cc2)N2C(CC(=O)NCc3ccccn3)=CSC2=N1. The highest BCUT2D eigenvalue weighted by atomic mass is 32.2. The molecule has 0 spiro atoms. The van der Waals surface area contributed by atoms with Crippen LogP contribution in [0.15, 0.2) is 76.0 Å². The van der Waals surface area contributed by atoms with E-state index in [1.165, 1.54) is 18.9 Å². The first-order chi connectivity index (χ1) is 16.0. The van der Waals surface area contributed by atoms with Crippen LogP contribution in [0.5, 0.6) is 0 Å². The van der Waals surface area contributed by atoms with E-state index in [0.717, 1.165) is 27.7 Å². The molecule has 1 aromatic heterocycles. The van der Waals surface area contributed by atoms with Gasteiger partial charge in [-0.05, 0) is 36.4 Å². The minimum atomic E-state index is -0.412. The van der Waals surface area contributed by atoms with Gasteiger partial charge >= 0.3 is 5.97 Å². The third-order valence-corrected chi connectivity index (χ3v) is 6.45. The number of amides is 1. The molecule has 0 aliphatic carbocycles. The van der Waals surface area contributed by atoms with E-state index in [1.54, 1.807) is 6.20 Å². The summed E-state index contributed by atoms with van der Waals surface area (Å²) in [4.78, 5) is 36.6. The fourth-order valence-electron chi connectivity index (χ4n) is 3.90. The van der Waals surface area contributed by atoms with Crippen LogP contribution in [0.2, 0.25) is 0 Å². The number of thioether (sulfide) groups is 1. The number of aromatic nitrogens is 1. The van der Waals surface area contributed by atoms with Gasteiger partial charge in [0.15, 0.2) is 5.17 Å². The number of esters is 1. The molecule has 8 heteroatoms. The Morgan fingerprint density at radius 1 is 1.18 bits per heavy atom. The molecule has 170 valence electrons. The summed E-state index contributed by atoms with van der Waals surface area (Å²) in [7, 11) is 1.38. The van der Waals surface area contributed by atoms with Crippen LogP contribution in [-0.2, 0) is 20.9 Å². The molecule has 2 aromatic rings. The van der Waals surface area contributed by atoms with Gasteiger partial charge in [-0.3, -0.25) is 9.78 Å². The zero-order valence-corrected chi connectivity index (χ0v) is 19.7. The van der Waals surface area contributed by atoms with Crippen molar-refractivity contribution in [2.45, 2.75) is 39.3 Å². The summed E-state index contributed by atoms with van der Waals surface area (Å²) in [5.41, 5.74) is 4.88. The topological polar surface area (TPSA) is 83.9 Å². The Hall–Kier alpha value is -3.39. The Morgan fingerprint density at radius 2 is 1.97 bits per heavy atom. The number of benzene rings is 1. The lowest BCUT2D eigenvalue weighted by molar-refractivity contribution is -0.136. The highest BCUT2D eigenvalue weighted by Gasteiger charge is 2.41. The van der Waals surface area contributed by atoms with Gasteiger partial charge in [0.25, 0.3) is 0 Å². The Balaban J connectivity index is 1.63. The van der Waals surface area contributed by atoms with Crippen LogP contribution in [0.25, 0.3) is 0 Å². The second-order valence-electron chi connectivity index (χ2n) is 7.78. The molecule has 1 atom stereocenters. The summed E-state index contributed by atoms with van der Waals surface area (Å²) in [6.07, 6.45) is 2.47. The summed E-state index contributed by atoms with van der Waals surface area (Å²) in [6.45, 7) is 4.36. The third-order valence-electron chi connectivity index (χ3n) is 5.56. The summed E-state index contributed by atoms with van der Waals surface area (Å²) in [6, 6.07) is 13.3. The first-order valence-corrected chi connectivity index (χ1v) is 11.7. The van der Waals surface area contributed by atoms with Crippen molar-refractivity contribution in [2.24, 2.45) is 4.99 Å². The quantitative estimate of drug-likeness (QED) is 0.620. The largest absolute Gasteiger partial charge is 0.466 e. The number of rotatable bonds is 7. The molecule has 0 saturated heterocycles. The number of aryl methyl sites for hydroxylation is 1. The molecule has 0 radical (unpaired) electrons. The van der Waals surface area contributed by atoms with E-state index in [2.05, 4.69) is 10.3 Å². The number of pyridine rings is 1. The first-order valence-electron chi connectivity index (χ1n) is 10.8. The molecule has 0 fully saturated rings. The van der Waals surface area contributed by atoms with Crippen LogP contribution in [-0.4, -0.2) is 34.0 Å². The lowest BCUT2D eigenvalue weighted by atomic mass is 9.92. The molecule has 2 aliphatic rings. The number of fused-ring (bicyclic) bond motifs is 1. The second-order valence-corrected chi connectivity index (χ2v) is 8.62. The number of hydrogen-bond donors (Lipinski definition) is 1. The van der Waals surface area contributed by atoms with Crippen molar-refractivity contribution in [1.29, 1.82) is 0 Å². The van der Waals surface area contributed by atoms with E-state index in [9.17, 15) is 9.59 Å². The maximum Gasteiger partial charge on any atom is 0.338 e. The average Bonchev–Trinajstić information content (AvgIpc) is 3.24. The zero-order valence-electron chi connectivity index (χ0n) is 18.9. The fourth-order valence-corrected chi connectivity index (χ4v) is 4.83. The van der Waals surface area contributed by atoms with Gasteiger partial charge in [-0.1, -0.05) is 54.6 Å². The lowest BCUT2D eigenvalue weighted by Crippen LogP contribution is -2.38. The molecule has 4 rings (SSSR count). The number of ether oxygens (including phenoxy) is 1. The number of carbonyl (C=O) groups is 2. The number of amidine groups is 1. The average molecular weight is 463 g/mol. The summed E-state index contributed by atoms with van der Waals surface area (Å²) >= 11 is 1.47. The van der Waals surface area contributed by atoms with Crippen LogP contribution in [0.4, 0.5) is 0 Å². The first kappa shape index (κ1) is 22.8. The van der Waals surface area contributed by atoms with Crippen molar-refractivity contribution in [3.63, 3.8) is 0 Å². The number of aliphatic imine (C=N–C) groups is 1. The number of hydrogen-bond acceptors (Lipinski definition) is 7. The number of nitrogens with one attached hydrogen (secondary N) is 1. The van der Waals surface area contributed by atoms with Gasteiger partial charge < -0.3 is 15.0 Å². The van der Waals surface area contributed by atoms with Gasteiger partial charge in [0.2, 0.25) is 5.91 Å². The predicted octanol–water partition coefficient (Wildman–Crippen LogP) is 4.23. The molecule has 1 amide bonds. The number of nitrogens with zero attached hydrogens (tertiary/aromatic N) is 3. The smallest absolute Gasteiger partial charge is 0.338 e. The molecular formula is C25H26N4O3S. The molecule has 33 heavy (non-hydrogen) atoms. The molecule has 0 bridgehead atoms. The Labute approximate surface area is 197 Å². The number of carbonyl (C=O) groups excluding carboxylic acids is 2. The number of methoxy groups -OCH3 is 1. The maximum absolute atomic E-state index is 12.9. The van der Waals surface area contributed by atoms with E-state index in [1.807, 2.05) is 66.6 Å². The molecular weight excluding hydrogens is 436 g/mol. The Kier molecular flexibility index (Phi) is 6.93. The fraction of sp³-hybridized carbons (Fsp3) is 0.280. The lowest BCUT2D eigenvalue weighted by Gasteiger charge is -2.36. The molecule has 3 heterocycles. The normalized spacial score (nSPS) is 17.3. The van der Waals surface area contributed by atoms with Gasteiger partial charge in [0.05, 0.1) is 43.1 Å². The highest BCUT2D eigenvalue weighted by Crippen LogP contribution is 2.45. The standard InChI is InChI=1S/C25H26N4O3S/c1-4-20-22(24(31)32-3)23(17-10-8-16(2)9-11-17)29-19(15-33-25(29)28-20)13-21(30)27-14-18-7-5-6-12-26-18/h5-12,15,23H,4,13-14H2,1-3H3,(H,27,30). The molecule has 7 nitrogen and oxygen atoms in total. The Morgan fingerprint density at radius 3 is 2.64 bits per heavy atom. The minimum Gasteiger partial charge on any atom is -0.466 e. The summed E-state index contributed by atoms with van der Waals surface area (Å²) < 4.78 is 5.14. The van der Waals surface area contributed by atoms with Crippen LogP contribution in [0, 0.1) is 6.92 Å². The van der Waals surface area contributed by atoms with Crippen molar-refractivity contribution in [3.8, 4) is 0 Å². The van der Waals surface area contributed by atoms with Gasteiger partial charge in [-0.15, -0.1) is 0 Å². The van der Waals surface area contributed by atoms with Gasteiger partial charge in [-0.2, -0.15) is 0 Å². The van der Waals surface area contributed by atoms with Gasteiger partial charge in [0, 0.05) is 11.9 Å². The minimum absolute atomic E-state index is 0.124. The highest BCUT2D eigenvalue weighted by molar-refractivity contribution is 8.16. The van der Waals surface area contributed by atoms with Crippen LogP contribution in [0.3, 0.4) is 0 Å². The zero-order chi connectivity index (χ0) is 23.4. The summed E-state index contributed by atoms with van der Waals surface area (Å²) in [5, 5.41) is 5.63.